The number of hydrogen-bond acceptors (Lipinski definition) is 3. The lowest BCUT2D eigenvalue weighted by molar-refractivity contribution is 0.0982. The average Bonchev–Trinajstić information content (AvgIpc) is 2.17. The summed E-state index contributed by atoms with van der Waals surface area (Å²) in [6, 6.07) is 3.74. The predicted molar refractivity (Wildman–Crippen MR) is 64.9 cm³/mol. The van der Waals surface area contributed by atoms with E-state index in [2.05, 4.69) is 0 Å². The highest BCUT2D eigenvalue weighted by Crippen LogP contribution is 2.31. The van der Waals surface area contributed by atoms with E-state index in [1.807, 2.05) is 32.9 Å². The summed E-state index contributed by atoms with van der Waals surface area (Å²) in [5, 5.41) is 10.1. The highest BCUT2D eigenvalue weighted by molar-refractivity contribution is 6.00. The highest BCUT2D eigenvalue weighted by atomic mass is 16.3. The van der Waals surface area contributed by atoms with Gasteiger partial charge in [0, 0.05) is 6.42 Å². The Morgan fingerprint density at radius 3 is 2.56 bits per heavy atom. The Bertz CT molecular complexity index is 397. The molecule has 0 aliphatic rings. The van der Waals surface area contributed by atoms with E-state index >= 15 is 0 Å². The molecule has 0 saturated heterocycles. The van der Waals surface area contributed by atoms with E-state index in [4.69, 9.17) is 5.73 Å². The number of phenols is 1. The summed E-state index contributed by atoms with van der Waals surface area (Å²) < 4.78 is 0. The third-order valence-corrected chi connectivity index (χ3v) is 2.69. The number of Topliss-reactive ketones (excluding diaryl/α,β-unsaturated/α-hetero) is 1. The number of ketones is 1. The van der Waals surface area contributed by atoms with Crippen molar-refractivity contribution < 1.29 is 9.90 Å². The van der Waals surface area contributed by atoms with Gasteiger partial charge in [-0.15, -0.1) is 0 Å². The fourth-order valence-corrected chi connectivity index (χ4v) is 1.78. The zero-order chi connectivity index (χ0) is 12.3. The van der Waals surface area contributed by atoms with Crippen molar-refractivity contribution in [1.82, 2.24) is 0 Å². The van der Waals surface area contributed by atoms with Crippen molar-refractivity contribution in [2.24, 2.45) is 5.73 Å². The van der Waals surface area contributed by atoms with E-state index in [9.17, 15) is 9.90 Å². The minimum absolute atomic E-state index is 0.0833. The van der Waals surface area contributed by atoms with Gasteiger partial charge in [-0.2, -0.15) is 0 Å². The van der Waals surface area contributed by atoms with Crippen molar-refractivity contribution in [3.05, 3.63) is 28.8 Å². The SMILES string of the molecule is Cc1ccc(C(C)C)c(O)c1C(=O)CCN. The number of rotatable bonds is 4. The smallest absolute Gasteiger partial charge is 0.168 e. The van der Waals surface area contributed by atoms with Crippen LogP contribution in [0, 0.1) is 6.92 Å². The summed E-state index contributed by atoms with van der Waals surface area (Å²) >= 11 is 0. The normalized spacial score (nSPS) is 10.8. The van der Waals surface area contributed by atoms with Crippen LogP contribution in [-0.4, -0.2) is 17.4 Å². The predicted octanol–water partition coefficient (Wildman–Crippen LogP) is 2.36. The maximum Gasteiger partial charge on any atom is 0.168 e. The first-order chi connectivity index (χ1) is 7.49. The monoisotopic (exact) mass is 221 g/mol. The Morgan fingerprint density at radius 2 is 2.06 bits per heavy atom. The van der Waals surface area contributed by atoms with Crippen molar-refractivity contribution in [1.29, 1.82) is 0 Å². The van der Waals surface area contributed by atoms with Crippen LogP contribution in [0.4, 0.5) is 0 Å². The van der Waals surface area contributed by atoms with Crippen LogP contribution in [0.3, 0.4) is 0 Å². The number of benzene rings is 1. The Morgan fingerprint density at radius 1 is 1.44 bits per heavy atom. The summed E-state index contributed by atoms with van der Waals surface area (Å²) in [4.78, 5) is 11.8. The van der Waals surface area contributed by atoms with Gasteiger partial charge in [0.15, 0.2) is 5.78 Å². The van der Waals surface area contributed by atoms with E-state index in [-0.39, 0.29) is 23.9 Å². The zero-order valence-electron chi connectivity index (χ0n) is 10.1. The molecule has 0 bridgehead atoms. The van der Waals surface area contributed by atoms with Crippen molar-refractivity contribution in [3.8, 4) is 5.75 Å². The summed E-state index contributed by atoms with van der Waals surface area (Å²) in [6.07, 6.45) is 0.274. The van der Waals surface area contributed by atoms with E-state index in [0.717, 1.165) is 11.1 Å². The first-order valence-electron chi connectivity index (χ1n) is 5.54. The molecule has 16 heavy (non-hydrogen) atoms. The second kappa shape index (κ2) is 5.12. The van der Waals surface area contributed by atoms with Crippen LogP contribution in [0.5, 0.6) is 5.75 Å². The van der Waals surface area contributed by atoms with Crippen LogP contribution in [0.25, 0.3) is 0 Å². The van der Waals surface area contributed by atoms with Gasteiger partial charge in [-0.25, -0.2) is 0 Å². The molecular weight excluding hydrogens is 202 g/mol. The van der Waals surface area contributed by atoms with E-state index in [1.54, 1.807) is 0 Å². The number of carbonyl (C=O) groups excluding carboxylic acids is 1. The molecule has 0 aliphatic heterocycles. The van der Waals surface area contributed by atoms with Crippen LogP contribution in [0.15, 0.2) is 12.1 Å². The maximum atomic E-state index is 11.8. The number of carbonyl (C=O) groups is 1. The number of aromatic hydroxyl groups is 1. The maximum absolute atomic E-state index is 11.8. The van der Waals surface area contributed by atoms with Crippen molar-refractivity contribution in [2.75, 3.05) is 6.54 Å². The lowest BCUT2D eigenvalue weighted by atomic mass is 9.93. The molecule has 0 spiro atoms. The average molecular weight is 221 g/mol. The van der Waals surface area contributed by atoms with Crippen molar-refractivity contribution >= 4 is 5.78 Å². The molecule has 1 aromatic carbocycles. The summed E-state index contributed by atoms with van der Waals surface area (Å²) in [7, 11) is 0. The molecule has 3 N–H and O–H groups in total. The number of hydrogen-bond donors (Lipinski definition) is 2. The van der Waals surface area contributed by atoms with Gasteiger partial charge < -0.3 is 10.8 Å². The Balaban J connectivity index is 3.26. The fraction of sp³-hybridized carbons (Fsp3) is 0.462. The molecule has 3 heteroatoms. The van der Waals surface area contributed by atoms with Crippen molar-refractivity contribution in [3.63, 3.8) is 0 Å². The van der Waals surface area contributed by atoms with Gasteiger partial charge in [0.25, 0.3) is 0 Å². The Hall–Kier alpha value is -1.35. The standard InChI is InChI=1S/C13H19NO2/c1-8(2)10-5-4-9(3)12(13(10)16)11(15)6-7-14/h4-5,8,16H,6-7,14H2,1-3H3. The van der Waals surface area contributed by atoms with Gasteiger partial charge in [-0.1, -0.05) is 26.0 Å². The van der Waals surface area contributed by atoms with Gasteiger partial charge in [-0.3, -0.25) is 4.79 Å². The zero-order valence-corrected chi connectivity index (χ0v) is 10.1. The molecule has 0 aromatic heterocycles. The Kier molecular flexibility index (Phi) is 4.07. The second-order valence-electron chi connectivity index (χ2n) is 4.31. The third-order valence-electron chi connectivity index (χ3n) is 2.69. The van der Waals surface area contributed by atoms with Crippen LogP contribution in [-0.2, 0) is 0 Å². The number of phenolic OH excluding ortho intramolecular Hbond substituents is 1. The molecule has 1 aromatic rings. The van der Waals surface area contributed by atoms with Crippen LogP contribution < -0.4 is 5.73 Å². The minimum atomic E-state index is -0.0833. The topological polar surface area (TPSA) is 63.3 Å². The molecule has 3 nitrogen and oxygen atoms in total. The lowest BCUT2D eigenvalue weighted by Gasteiger charge is -2.14. The summed E-state index contributed by atoms with van der Waals surface area (Å²) in [6.45, 7) is 6.11. The Labute approximate surface area is 96.3 Å². The molecule has 0 amide bonds. The third kappa shape index (κ3) is 2.42. The largest absolute Gasteiger partial charge is 0.507 e. The number of aryl methyl sites for hydroxylation is 1. The van der Waals surface area contributed by atoms with Gasteiger partial charge in [0.05, 0.1) is 5.56 Å². The number of nitrogens with two attached hydrogens (primary N) is 1. The minimum Gasteiger partial charge on any atom is -0.507 e. The second-order valence-corrected chi connectivity index (χ2v) is 4.31. The molecule has 88 valence electrons. The van der Waals surface area contributed by atoms with Gasteiger partial charge >= 0.3 is 0 Å². The highest BCUT2D eigenvalue weighted by Gasteiger charge is 2.17. The molecule has 0 saturated carbocycles. The molecule has 0 heterocycles. The summed E-state index contributed by atoms with van der Waals surface area (Å²) in [5.41, 5.74) is 7.41. The lowest BCUT2D eigenvalue weighted by Crippen LogP contribution is -2.10. The van der Waals surface area contributed by atoms with Gasteiger partial charge in [0.1, 0.15) is 5.75 Å². The molecule has 0 radical (unpaired) electrons. The van der Waals surface area contributed by atoms with E-state index in [1.165, 1.54) is 0 Å². The van der Waals surface area contributed by atoms with Gasteiger partial charge in [-0.05, 0) is 30.5 Å². The molecule has 0 aliphatic carbocycles. The first-order valence-corrected chi connectivity index (χ1v) is 5.54. The van der Waals surface area contributed by atoms with Crippen LogP contribution in [0.2, 0.25) is 0 Å². The van der Waals surface area contributed by atoms with Crippen LogP contribution >= 0.6 is 0 Å². The molecule has 0 unspecified atom stereocenters. The van der Waals surface area contributed by atoms with E-state index < -0.39 is 0 Å². The van der Waals surface area contributed by atoms with Gasteiger partial charge in [0.2, 0.25) is 0 Å². The summed E-state index contributed by atoms with van der Waals surface area (Å²) in [5.74, 6) is 0.235. The molecular formula is C13H19NO2. The molecule has 0 atom stereocenters. The van der Waals surface area contributed by atoms with Crippen molar-refractivity contribution in [2.45, 2.75) is 33.1 Å². The fourth-order valence-electron chi connectivity index (χ4n) is 1.78. The quantitative estimate of drug-likeness (QED) is 0.767. The van der Waals surface area contributed by atoms with Crippen LogP contribution in [0.1, 0.15) is 47.7 Å². The first kappa shape index (κ1) is 12.7. The molecule has 0 fully saturated rings. The van der Waals surface area contributed by atoms with E-state index in [0.29, 0.717) is 12.1 Å². The molecule has 1 rings (SSSR count).